The first kappa shape index (κ1) is 18.3. The van der Waals surface area contributed by atoms with Crippen molar-refractivity contribution in [3.8, 4) is 5.75 Å². The molecule has 1 aliphatic carbocycles. The van der Waals surface area contributed by atoms with Crippen molar-refractivity contribution >= 4 is 11.9 Å². The molecule has 24 heavy (non-hydrogen) atoms. The van der Waals surface area contributed by atoms with Gasteiger partial charge in [-0.3, -0.25) is 9.59 Å². The summed E-state index contributed by atoms with van der Waals surface area (Å²) in [6.45, 7) is 2.54. The lowest BCUT2D eigenvalue weighted by molar-refractivity contribution is -0.143. The molecule has 132 valence electrons. The minimum atomic E-state index is -0.803. The van der Waals surface area contributed by atoms with Crippen LogP contribution in [-0.2, 0) is 16.0 Å². The summed E-state index contributed by atoms with van der Waals surface area (Å²) in [5.74, 6) is -0.610. The zero-order chi connectivity index (χ0) is 17.4. The molecular weight excluding hydrogens is 306 g/mol. The van der Waals surface area contributed by atoms with Crippen LogP contribution in [0.15, 0.2) is 24.3 Å². The minimum absolute atomic E-state index is 0.115. The Morgan fingerprint density at radius 2 is 1.79 bits per heavy atom. The number of rotatable bonds is 6. The SMILES string of the molecule is CCOc1ccc(CC(=O)NC2CCCCCCC2C(=O)O)cc1. The fraction of sp³-hybridized carbons (Fsp3) is 0.579. The van der Waals surface area contributed by atoms with Crippen LogP contribution in [-0.4, -0.2) is 29.6 Å². The molecule has 0 bridgehead atoms. The maximum atomic E-state index is 12.3. The predicted octanol–water partition coefficient (Wildman–Crippen LogP) is 3.17. The largest absolute Gasteiger partial charge is 0.494 e. The molecule has 1 amide bonds. The molecule has 1 saturated carbocycles. The van der Waals surface area contributed by atoms with Crippen molar-refractivity contribution in [3.63, 3.8) is 0 Å². The van der Waals surface area contributed by atoms with Gasteiger partial charge in [-0.2, -0.15) is 0 Å². The molecule has 0 saturated heterocycles. The molecule has 1 aliphatic rings. The van der Waals surface area contributed by atoms with Crippen molar-refractivity contribution < 1.29 is 19.4 Å². The Balaban J connectivity index is 1.94. The number of hydrogen-bond donors (Lipinski definition) is 2. The summed E-state index contributed by atoms with van der Waals surface area (Å²) >= 11 is 0. The first-order valence-electron chi connectivity index (χ1n) is 8.84. The van der Waals surface area contributed by atoms with Gasteiger partial charge in [-0.05, 0) is 37.5 Å². The Labute approximate surface area is 143 Å². The Bertz CT molecular complexity index is 541. The van der Waals surface area contributed by atoms with Gasteiger partial charge in [0.2, 0.25) is 5.91 Å². The predicted molar refractivity (Wildman–Crippen MR) is 92.1 cm³/mol. The zero-order valence-electron chi connectivity index (χ0n) is 14.3. The van der Waals surface area contributed by atoms with Gasteiger partial charge in [0, 0.05) is 6.04 Å². The van der Waals surface area contributed by atoms with Crippen molar-refractivity contribution in [1.82, 2.24) is 5.32 Å². The van der Waals surface area contributed by atoms with Gasteiger partial charge in [0.25, 0.3) is 0 Å². The number of hydrogen-bond acceptors (Lipinski definition) is 3. The van der Waals surface area contributed by atoms with Crippen molar-refractivity contribution in [2.75, 3.05) is 6.61 Å². The van der Waals surface area contributed by atoms with Crippen LogP contribution in [0.3, 0.4) is 0 Å². The van der Waals surface area contributed by atoms with E-state index in [2.05, 4.69) is 5.32 Å². The van der Waals surface area contributed by atoms with Crippen LogP contribution in [0.25, 0.3) is 0 Å². The molecule has 5 heteroatoms. The van der Waals surface area contributed by atoms with E-state index in [1.807, 2.05) is 31.2 Å². The quantitative estimate of drug-likeness (QED) is 0.838. The van der Waals surface area contributed by atoms with E-state index in [4.69, 9.17) is 4.74 Å². The summed E-state index contributed by atoms with van der Waals surface area (Å²) < 4.78 is 5.39. The number of ether oxygens (including phenoxy) is 1. The number of nitrogens with one attached hydrogen (secondary N) is 1. The first-order chi connectivity index (χ1) is 11.6. The van der Waals surface area contributed by atoms with Gasteiger partial charge >= 0.3 is 5.97 Å². The smallest absolute Gasteiger partial charge is 0.308 e. The Kier molecular flexibility index (Phi) is 7.09. The highest BCUT2D eigenvalue weighted by atomic mass is 16.5. The number of amides is 1. The molecule has 0 heterocycles. The lowest BCUT2D eigenvalue weighted by Crippen LogP contribution is -2.44. The van der Waals surface area contributed by atoms with Crippen LogP contribution in [0.2, 0.25) is 0 Å². The van der Waals surface area contributed by atoms with Gasteiger partial charge in [0.15, 0.2) is 0 Å². The summed E-state index contributed by atoms with van der Waals surface area (Å²) in [5.41, 5.74) is 0.897. The highest BCUT2D eigenvalue weighted by Gasteiger charge is 2.29. The molecular formula is C19H27NO4. The van der Waals surface area contributed by atoms with Crippen LogP contribution in [0.5, 0.6) is 5.75 Å². The first-order valence-corrected chi connectivity index (χ1v) is 8.84. The molecule has 0 aliphatic heterocycles. The van der Waals surface area contributed by atoms with Crippen molar-refractivity contribution in [2.45, 2.75) is 57.9 Å². The molecule has 2 atom stereocenters. The highest BCUT2D eigenvalue weighted by molar-refractivity contribution is 5.80. The zero-order valence-corrected chi connectivity index (χ0v) is 14.3. The molecule has 0 spiro atoms. The Hall–Kier alpha value is -2.04. The third kappa shape index (κ3) is 5.55. The second-order valence-corrected chi connectivity index (χ2v) is 6.36. The molecule has 1 fully saturated rings. The van der Waals surface area contributed by atoms with Gasteiger partial charge in [-0.15, -0.1) is 0 Å². The van der Waals surface area contributed by atoms with E-state index in [0.29, 0.717) is 13.0 Å². The van der Waals surface area contributed by atoms with Gasteiger partial charge < -0.3 is 15.2 Å². The lowest BCUT2D eigenvalue weighted by atomic mass is 9.86. The minimum Gasteiger partial charge on any atom is -0.494 e. The maximum Gasteiger partial charge on any atom is 0.308 e. The van der Waals surface area contributed by atoms with E-state index in [-0.39, 0.29) is 18.4 Å². The second-order valence-electron chi connectivity index (χ2n) is 6.36. The van der Waals surface area contributed by atoms with Crippen LogP contribution in [0.4, 0.5) is 0 Å². The number of aliphatic carboxylic acids is 1. The highest BCUT2D eigenvalue weighted by Crippen LogP contribution is 2.23. The number of carbonyl (C=O) groups is 2. The van der Waals surface area contributed by atoms with E-state index < -0.39 is 11.9 Å². The second kappa shape index (κ2) is 9.30. The van der Waals surface area contributed by atoms with Crippen molar-refractivity contribution in [2.24, 2.45) is 5.92 Å². The molecule has 2 unspecified atom stereocenters. The Morgan fingerprint density at radius 3 is 2.42 bits per heavy atom. The molecule has 2 N–H and O–H groups in total. The number of benzene rings is 1. The standard InChI is InChI=1S/C19H27NO4/c1-2-24-15-11-9-14(10-12-15)13-18(21)20-17-8-6-4-3-5-7-16(17)19(22)23/h9-12,16-17H,2-8,13H2,1H3,(H,20,21)(H,22,23). The van der Waals surface area contributed by atoms with E-state index in [1.165, 1.54) is 0 Å². The topological polar surface area (TPSA) is 75.6 Å². The van der Waals surface area contributed by atoms with E-state index in [0.717, 1.165) is 43.4 Å². The van der Waals surface area contributed by atoms with Crippen LogP contribution >= 0.6 is 0 Å². The van der Waals surface area contributed by atoms with E-state index >= 15 is 0 Å². The van der Waals surface area contributed by atoms with E-state index in [1.54, 1.807) is 0 Å². The van der Waals surface area contributed by atoms with Gasteiger partial charge in [-0.1, -0.05) is 37.8 Å². The average molecular weight is 333 g/mol. The van der Waals surface area contributed by atoms with Gasteiger partial charge in [0.05, 0.1) is 18.9 Å². The van der Waals surface area contributed by atoms with Crippen LogP contribution < -0.4 is 10.1 Å². The number of carboxylic acids is 1. The fourth-order valence-corrected chi connectivity index (χ4v) is 3.27. The summed E-state index contributed by atoms with van der Waals surface area (Å²) in [5, 5.41) is 12.4. The lowest BCUT2D eigenvalue weighted by Gasteiger charge is -2.27. The fourth-order valence-electron chi connectivity index (χ4n) is 3.27. The molecule has 5 nitrogen and oxygen atoms in total. The Morgan fingerprint density at radius 1 is 1.12 bits per heavy atom. The number of carboxylic acid groups (broad SMARTS) is 1. The van der Waals surface area contributed by atoms with E-state index in [9.17, 15) is 14.7 Å². The average Bonchev–Trinajstić information content (AvgIpc) is 2.52. The molecule has 0 aromatic heterocycles. The summed E-state index contributed by atoms with van der Waals surface area (Å²) in [4.78, 5) is 23.8. The van der Waals surface area contributed by atoms with Gasteiger partial charge in [-0.25, -0.2) is 0 Å². The summed E-state index contributed by atoms with van der Waals surface area (Å²) in [6.07, 6.45) is 5.72. The molecule has 0 radical (unpaired) electrons. The summed E-state index contributed by atoms with van der Waals surface area (Å²) in [7, 11) is 0. The van der Waals surface area contributed by atoms with Crippen molar-refractivity contribution in [1.29, 1.82) is 0 Å². The monoisotopic (exact) mass is 333 g/mol. The molecule has 2 rings (SSSR count). The molecule has 1 aromatic rings. The molecule has 1 aromatic carbocycles. The third-order valence-corrected chi connectivity index (χ3v) is 4.53. The van der Waals surface area contributed by atoms with Crippen LogP contribution in [0, 0.1) is 5.92 Å². The van der Waals surface area contributed by atoms with Crippen molar-refractivity contribution in [3.05, 3.63) is 29.8 Å². The van der Waals surface area contributed by atoms with Gasteiger partial charge in [0.1, 0.15) is 5.75 Å². The normalized spacial score (nSPS) is 21.4. The number of carbonyl (C=O) groups excluding carboxylic acids is 1. The van der Waals surface area contributed by atoms with Crippen LogP contribution in [0.1, 0.15) is 51.0 Å². The third-order valence-electron chi connectivity index (χ3n) is 4.53. The maximum absolute atomic E-state index is 12.3. The summed E-state index contributed by atoms with van der Waals surface area (Å²) in [6, 6.07) is 7.18.